The van der Waals surface area contributed by atoms with Crippen LogP contribution >= 0.6 is 0 Å². The van der Waals surface area contributed by atoms with Gasteiger partial charge in [0, 0.05) is 24.9 Å². The molecule has 7 heteroatoms. The minimum Gasteiger partial charge on any atom is -0.353 e. The lowest BCUT2D eigenvalue weighted by Gasteiger charge is -2.52. The number of nitrogens with zero attached hydrogens (tertiary/aromatic N) is 1. The molecule has 2 heterocycles. The zero-order chi connectivity index (χ0) is 22.4. The zero-order valence-electron chi connectivity index (χ0n) is 18.2. The minimum absolute atomic E-state index is 0.152. The van der Waals surface area contributed by atoms with Gasteiger partial charge in [-0.2, -0.15) is 13.2 Å². The van der Waals surface area contributed by atoms with Gasteiger partial charge in [-0.05, 0) is 54.9 Å². The topological polar surface area (TPSA) is 41.6 Å². The van der Waals surface area contributed by atoms with E-state index in [1.807, 2.05) is 0 Å². The predicted molar refractivity (Wildman–Crippen MR) is 113 cm³/mol. The van der Waals surface area contributed by atoms with Gasteiger partial charge in [0.2, 0.25) is 5.91 Å². The van der Waals surface area contributed by atoms with Gasteiger partial charge in [0.1, 0.15) is 5.72 Å². The Morgan fingerprint density at radius 3 is 2.65 bits per heavy atom. The van der Waals surface area contributed by atoms with Crippen LogP contribution < -0.4 is 5.32 Å². The number of carbonyl (C=O) groups is 1. The van der Waals surface area contributed by atoms with Crippen LogP contribution in [0.2, 0.25) is 0 Å². The van der Waals surface area contributed by atoms with Crippen molar-refractivity contribution < 1.29 is 22.7 Å². The molecule has 31 heavy (non-hydrogen) atoms. The Morgan fingerprint density at radius 1 is 1.29 bits per heavy atom. The quantitative estimate of drug-likeness (QED) is 0.718. The molecule has 2 saturated heterocycles. The first kappa shape index (κ1) is 22.3. The van der Waals surface area contributed by atoms with Crippen LogP contribution in [-0.2, 0) is 15.7 Å². The van der Waals surface area contributed by atoms with E-state index < -0.39 is 17.5 Å². The summed E-state index contributed by atoms with van der Waals surface area (Å²) in [5.74, 6) is 0.888. The van der Waals surface area contributed by atoms with Crippen LogP contribution in [0.25, 0.3) is 5.57 Å². The summed E-state index contributed by atoms with van der Waals surface area (Å²) in [4.78, 5) is 14.8. The first-order chi connectivity index (χ1) is 14.6. The van der Waals surface area contributed by atoms with E-state index in [0.29, 0.717) is 37.0 Å². The lowest BCUT2D eigenvalue weighted by Crippen LogP contribution is -2.62. The molecule has 1 aromatic rings. The molecule has 1 saturated carbocycles. The number of amides is 1. The Kier molecular flexibility index (Phi) is 5.94. The fourth-order valence-electron chi connectivity index (χ4n) is 5.49. The molecule has 2 aliphatic heterocycles. The molecule has 0 unspecified atom stereocenters. The van der Waals surface area contributed by atoms with Gasteiger partial charge in [-0.25, -0.2) is 0 Å². The van der Waals surface area contributed by atoms with Gasteiger partial charge >= 0.3 is 6.18 Å². The van der Waals surface area contributed by atoms with Gasteiger partial charge in [0.05, 0.1) is 18.2 Å². The van der Waals surface area contributed by atoms with E-state index in [-0.39, 0.29) is 18.0 Å². The number of piperidine rings is 1. The first-order valence-electron chi connectivity index (χ1n) is 11.2. The highest BCUT2D eigenvalue weighted by molar-refractivity contribution is 5.78. The van der Waals surface area contributed by atoms with Crippen molar-refractivity contribution in [3.8, 4) is 0 Å². The van der Waals surface area contributed by atoms with Gasteiger partial charge in [0.25, 0.3) is 0 Å². The average Bonchev–Trinajstić information content (AvgIpc) is 3.13. The molecule has 1 spiro atoms. The van der Waals surface area contributed by atoms with Crippen molar-refractivity contribution in [2.45, 2.75) is 69.9 Å². The molecule has 1 N–H and O–H groups in total. The number of benzene rings is 1. The minimum atomic E-state index is -4.33. The maximum absolute atomic E-state index is 12.8. The van der Waals surface area contributed by atoms with E-state index >= 15 is 0 Å². The monoisotopic (exact) mass is 436 g/mol. The molecule has 1 aromatic carbocycles. The van der Waals surface area contributed by atoms with Gasteiger partial charge in [0.15, 0.2) is 0 Å². The van der Waals surface area contributed by atoms with Crippen molar-refractivity contribution in [1.82, 2.24) is 10.2 Å². The molecule has 1 aliphatic carbocycles. The average molecular weight is 437 g/mol. The summed E-state index contributed by atoms with van der Waals surface area (Å²) in [7, 11) is 0. The van der Waals surface area contributed by atoms with Gasteiger partial charge < -0.3 is 15.0 Å². The summed E-state index contributed by atoms with van der Waals surface area (Å²) in [6.45, 7) is 9.47. The molecule has 4 atom stereocenters. The molecule has 1 amide bonds. The second-order valence-corrected chi connectivity index (χ2v) is 9.50. The van der Waals surface area contributed by atoms with Crippen LogP contribution in [0, 0.1) is 11.8 Å². The largest absolute Gasteiger partial charge is 0.416 e. The SMILES string of the molecule is C=C(CN[C@@H]1CC[C@]23OC[C@H](C(C)C)N2C(=O)CC[C@@H]3C1)c1ccc(C(F)(F)F)cc1. The van der Waals surface area contributed by atoms with E-state index in [1.165, 1.54) is 12.1 Å². The summed E-state index contributed by atoms with van der Waals surface area (Å²) >= 11 is 0. The number of hydrogen-bond acceptors (Lipinski definition) is 3. The molecule has 3 aliphatic rings. The molecule has 4 rings (SSSR count). The number of alkyl halides is 3. The van der Waals surface area contributed by atoms with Gasteiger partial charge in [-0.1, -0.05) is 32.6 Å². The molecule has 0 radical (unpaired) electrons. The third kappa shape index (κ3) is 4.14. The van der Waals surface area contributed by atoms with Crippen LogP contribution in [0.15, 0.2) is 30.8 Å². The third-order valence-electron chi connectivity index (χ3n) is 7.27. The Hall–Kier alpha value is -1.86. The standard InChI is InChI=1S/C24H31F3N2O2/c1-15(2)21-14-31-23-11-10-20(12-19(23)8-9-22(30)29(21)23)28-13-16(3)17-4-6-18(7-5-17)24(25,26)27/h4-7,15,19-21,28H,3,8-14H2,1-2H3/t19-,20-,21-,23-/m1/s1. The summed E-state index contributed by atoms with van der Waals surface area (Å²) < 4.78 is 44.6. The number of ether oxygens (including phenoxy) is 1. The lowest BCUT2D eigenvalue weighted by molar-refractivity contribution is -0.188. The Balaban J connectivity index is 1.37. The fraction of sp³-hybridized carbons (Fsp3) is 0.625. The summed E-state index contributed by atoms with van der Waals surface area (Å²) in [5, 5.41) is 3.54. The lowest BCUT2D eigenvalue weighted by atomic mass is 9.72. The molecule has 4 nitrogen and oxygen atoms in total. The summed E-state index contributed by atoms with van der Waals surface area (Å²) in [6.07, 6.45) is -0.276. The molecule has 0 bridgehead atoms. The fourth-order valence-corrected chi connectivity index (χ4v) is 5.49. The van der Waals surface area contributed by atoms with Gasteiger partial charge in [-0.3, -0.25) is 4.79 Å². The Morgan fingerprint density at radius 2 is 2.00 bits per heavy atom. The van der Waals surface area contributed by atoms with E-state index in [0.717, 1.165) is 43.4 Å². The van der Waals surface area contributed by atoms with Crippen molar-refractivity contribution in [2.75, 3.05) is 13.2 Å². The van der Waals surface area contributed by atoms with Crippen molar-refractivity contribution in [3.63, 3.8) is 0 Å². The van der Waals surface area contributed by atoms with Crippen molar-refractivity contribution in [2.24, 2.45) is 11.8 Å². The smallest absolute Gasteiger partial charge is 0.353 e. The van der Waals surface area contributed by atoms with Crippen LogP contribution in [-0.4, -0.2) is 41.8 Å². The van der Waals surface area contributed by atoms with Crippen molar-refractivity contribution >= 4 is 11.5 Å². The third-order valence-corrected chi connectivity index (χ3v) is 7.27. The Labute approximate surface area is 181 Å². The van der Waals surface area contributed by atoms with Crippen molar-refractivity contribution in [1.29, 1.82) is 0 Å². The number of nitrogens with one attached hydrogen (secondary N) is 1. The molecule has 0 aromatic heterocycles. The van der Waals surface area contributed by atoms with Crippen LogP contribution in [0.4, 0.5) is 13.2 Å². The first-order valence-corrected chi connectivity index (χ1v) is 11.2. The van der Waals surface area contributed by atoms with Crippen LogP contribution in [0.5, 0.6) is 0 Å². The highest BCUT2D eigenvalue weighted by Crippen LogP contribution is 2.50. The Bertz CT molecular complexity index is 836. The summed E-state index contributed by atoms with van der Waals surface area (Å²) in [6, 6.07) is 5.58. The van der Waals surface area contributed by atoms with E-state index in [9.17, 15) is 18.0 Å². The van der Waals surface area contributed by atoms with Crippen LogP contribution in [0.3, 0.4) is 0 Å². The van der Waals surface area contributed by atoms with Crippen molar-refractivity contribution in [3.05, 3.63) is 42.0 Å². The maximum atomic E-state index is 12.8. The molecular weight excluding hydrogens is 405 g/mol. The highest BCUT2D eigenvalue weighted by atomic mass is 19.4. The highest BCUT2D eigenvalue weighted by Gasteiger charge is 2.59. The molecule has 3 fully saturated rings. The van der Waals surface area contributed by atoms with Gasteiger partial charge in [-0.15, -0.1) is 0 Å². The normalized spacial score (nSPS) is 31.0. The predicted octanol–water partition coefficient (Wildman–Crippen LogP) is 4.85. The molecular formula is C24H31F3N2O2. The number of rotatable bonds is 5. The molecule has 170 valence electrons. The van der Waals surface area contributed by atoms with E-state index in [4.69, 9.17) is 4.74 Å². The number of carbonyl (C=O) groups excluding carboxylic acids is 1. The maximum Gasteiger partial charge on any atom is 0.416 e. The number of halogens is 3. The zero-order valence-corrected chi connectivity index (χ0v) is 18.2. The number of hydrogen-bond donors (Lipinski definition) is 1. The van der Waals surface area contributed by atoms with E-state index in [1.54, 1.807) is 0 Å². The van der Waals surface area contributed by atoms with E-state index in [2.05, 4.69) is 30.6 Å². The van der Waals surface area contributed by atoms with Crippen LogP contribution in [0.1, 0.15) is 57.1 Å². The second-order valence-electron chi connectivity index (χ2n) is 9.50. The second kappa shape index (κ2) is 8.24. The summed E-state index contributed by atoms with van der Waals surface area (Å²) in [5.41, 5.74) is 0.377.